The molecule has 1 N–H and O–H groups in total. The van der Waals surface area contributed by atoms with Crippen LogP contribution >= 0.6 is 34.3 Å². The minimum atomic E-state index is -0.955. The van der Waals surface area contributed by atoms with E-state index in [2.05, 4.69) is 5.32 Å². The first kappa shape index (κ1) is 18.8. The molecule has 0 radical (unpaired) electrons. The number of hydrogen-bond donors (Lipinski definition) is 1. The van der Waals surface area contributed by atoms with Crippen LogP contribution in [-0.4, -0.2) is 24.5 Å². The number of carbonyl (C=O) groups is 2. The van der Waals surface area contributed by atoms with Crippen LogP contribution in [0.15, 0.2) is 35.7 Å². The zero-order valence-electron chi connectivity index (χ0n) is 13.8. The van der Waals surface area contributed by atoms with E-state index in [-0.39, 0.29) is 15.8 Å². The van der Waals surface area contributed by atoms with Gasteiger partial charge >= 0.3 is 5.97 Å². The number of nitrogens with one attached hydrogen (secondary N) is 1. The molecule has 0 aliphatic heterocycles. The van der Waals surface area contributed by atoms with Crippen molar-refractivity contribution >= 4 is 56.2 Å². The van der Waals surface area contributed by atoms with E-state index in [1.54, 1.807) is 11.3 Å². The van der Waals surface area contributed by atoms with E-state index in [0.29, 0.717) is 16.6 Å². The zero-order chi connectivity index (χ0) is 18.7. The van der Waals surface area contributed by atoms with Crippen molar-refractivity contribution < 1.29 is 18.7 Å². The Bertz CT molecular complexity index is 939. The Morgan fingerprint density at radius 3 is 2.88 bits per heavy atom. The quantitative estimate of drug-likeness (QED) is 0.600. The second kappa shape index (κ2) is 8.16. The summed E-state index contributed by atoms with van der Waals surface area (Å²) in [4.78, 5) is 25.7. The van der Waals surface area contributed by atoms with E-state index in [1.165, 1.54) is 30.0 Å². The minimum absolute atomic E-state index is 0.158. The van der Waals surface area contributed by atoms with Crippen LogP contribution in [0.25, 0.3) is 10.1 Å². The minimum Gasteiger partial charge on any atom is -0.448 e. The van der Waals surface area contributed by atoms with Crippen LogP contribution in [0.5, 0.6) is 0 Å². The molecular weight excluding hydrogens is 397 g/mol. The summed E-state index contributed by atoms with van der Waals surface area (Å²) >= 11 is 8.85. The van der Waals surface area contributed by atoms with Crippen molar-refractivity contribution in [2.75, 3.05) is 6.54 Å². The van der Waals surface area contributed by atoms with Gasteiger partial charge in [-0.25, -0.2) is 9.18 Å². The first-order chi connectivity index (χ1) is 12.5. The molecule has 0 spiro atoms. The van der Waals surface area contributed by atoms with E-state index in [9.17, 15) is 14.0 Å². The molecule has 0 saturated heterocycles. The van der Waals surface area contributed by atoms with E-state index < -0.39 is 17.9 Å². The number of carbonyl (C=O) groups excluding carboxylic acids is 2. The Hall–Kier alpha value is -1.96. The summed E-state index contributed by atoms with van der Waals surface area (Å²) < 4.78 is 19.1. The maximum atomic E-state index is 13.3. The molecule has 26 heavy (non-hydrogen) atoms. The van der Waals surface area contributed by atoms with Gasteiger partial charge < -0.3 is 10.1 Å². The Morgan fingerprint density at radius 1 is 1.35 bits per heavy atom. The third-order valence-corrected chi connectivity index (χ3v) is 6.25. The van der Waals surface area contributed by atoms with E-state index >= 15 is 0 Å². The summed E-state index contributed by atoms with van der Waals surface area (Å²) in [6.07, 6.45) is -0.235. The van der Waals surface area contributed by atoms with Gasteiger partial charge in [-0.2, -0.15) is 0 Å². The number of esters is 1. The normalized spacial score (nSPS) is 12.1. The largest absolute Gasteiger partial charge is 0.448 e. The van der Waals surface area contributed by atoms with Gasteiger partial charge in [0.05, 0.1) is 5.02 Å². The monoisotopic (exact) mass is 411 g/mol. The number of benzene rings is 1. The molecule has 2 heterocycles. The average molecular weight is 412 g/mol. The molecule has 136 valence electrons. The number of rotatable bonds is 6. The fourth-order valence-electron chi connectivity index (χ4n) is 2.35. The smallest absolute Gasteiger partial charge is 0.350 e. The molecule has 0 aliphatic carbocycles. The predicted molar refractivity (Wildman–Crippen MR) is 103 cm³/mol. The number of fused-ring (bicyclic) bond motifs is 1. The average Bonchev–Trinajstić information content (AvgIpc) is 3.22. The van der Waals surface area contributed by atoms with Gasteiger partial charge in [-0.3, -0.25) is 4.79 Å². The van der Waals surface area contributed by atoms with Crippen molar-refractivity contribution in [1.82, 2.24) is 5.32 Å². The molecule has 0 saturated carbocycles. The highest BCUT2D eigenvalue weighted by atomic mass is 35.5. The van der Waals surface area contributed by atoms with Crippen LogP contribution in [0.2, 0.25) is 5.02 Å². The van der Waals surface area contributed by atoms with E-state index in [1.807, 2.05) is 17.5 Å². The van der Waals surface area contributed by atoms with Gasteiger partial charge in [0.25, 0.3) is 5.91 Å². The summed E-state index contributed by atoms with van der Waals surface area (Å²) in [6.45, 7) is 1.96. The number of ether oxygens (including phenoxy) is 1. The SMILES string of the molecule is C[C@H](OC(=O)c1sc2cc(F)ccc2c1Cl)C(=O)NCCc1cccs1. The molecule has 3 rings (SSSR count). The third-order valence-electron chi connectivity index (χ3n) is 3.68. The number of thiophene rings is 2. The Kier molecular flexibility index (Phi) is 5.90. The lowest BCUT2D eigenvalue weighted by molar-refractivity contribution is -0.129. The third kappa shape index (κ3) is 4.23. The lowest BCUT2D eigenvalue weighted by Crippen LogP contribution is -2.36. The lowest BCUT2D eigenvalue weighted by Gasteiger charge is -2.12. The zero-order valence-corrected chi connectivity index (χ0v) is 16.1. The molecular formula is C18H15ClFNO3S2. The summed E-state index contributed by atoms with van der Waals surface area (Å²) in [7, 11) is 0. The highest BCUT2D eigenvalue weighted by Gasteiger charge is 2.23. The van der Waals surface area contributed by atoms with Crippen LogP contribution in [0.3, 0.4) is 0 Å². The summed E-state index contributed by atoms with van der Waals surface area (Å²) in [6, 6.07) is 8.05. The summed E-state index contributed by atoms with van der Waals surface area (Å²) in [5, 5.41) is 5.50. The molecule has 4 nitrogen and oxygen atoms in total. The van der Waals surface area contributed by atoms with Crippen LogP contribution < -0.4 is 5.32 Å². The summed E-state index contributed by atoms with van der Waals surface area (Å²) in [5.41, 5.74) is 0. The van der Waals surface area contributed by atoms with Crippen molar-refractivity contribution in [1.29, 1.82) is 0 Å². The fraction of sp³-hybridized carbons (Fsp3) is 0.222. The molecule has 0 fully saturated rings. The van der Waals surface area contributed by atoms with Crippen molar-refractivity contribution in [3.8, 4) is 0 Å². The maximum Gasteiger partial charge on any atom is 0.350 e. The highest BCUT2D eigenvalue weighted by molar-refractivity contribution is 7.21. The molecule has 0 aliphatic rings. The molecule has 1 aromatic carbocycles. The first-order valence-corrected chi connectivity index (χ1v) is 9.91. The van der Waals surface area contributed by atoms with Crippen LogP contribution in [-0.2, 0) is 16.0 Å². The molecule has 1 atom stereocenters. The van der Waals surface area contributed by atoms with Gasteiger partial charge in [0.2, 0.25) is 0 Å². The van der Waals surface area contributed by atoms with Gasteiger partial charge in [-0.15, -0.1) is 22.7 Å². The van der Waals surface area contributed by atoms with Crippen molar-refractivity contribution in [2.24, 2.45) is 0 Å². The van der Waals surface area contributed by atoms with Gasteiger partial charge in [0, 0.05) is 21.5 Å². The Balaban J connectivity index is 1.60. The molecule has 1 amide bonds. The Labute approximate surface area is 162 Å². The standard InChI is InChI=1S/C18H15ClFNO3S2/c1-10(17(22)21-7-6-12-3-2-8-25-12)24-18(23)16-15(19)13-5-4-11(20)9-14(13)26-16/h2-5,8-10H,6-7H2,1H3,(H,21,22)/t10-/m0/s1. The number of amides is 1. The molecule has 0 unspecified atom stereocenters. The predicted octanol–water partition coefficient (Wildman–Crippen LogP) is 4.66. The second-order valence-corrected chi connectivity index (χ2v) is 8.02. The highest BCUT2D eigenvalue weighted by Crippen LogP contribution is 2.36. The van der Waals surface area contributed by atoms with Gasteiger partial charge in [0.15, 0.2) is 6.10 Å². The number of halogens is 2. The first-order valence-electron chi connectivity index (χ1n) is 7.84. The summed E-state index contributed by atoms with van der Waals surface area (Å²) in [5.74, 6) is -1.48. The van der Waals surface area contributed by atoms with Crippen LogP contribution in [0.4, 0.5) is 4.39 Å². The lowest BCUT2D eigenvalue weighted by atomic mass is 10.2. The van der Waals surface area contributed by atoms with Gasteiger partial charge in [-0.05, 0) is 43.0 Å². The Morgan fingerprint density at radius 2 is 2.15 bits per heavy atom. The van der Waals surface area contributed by atoms with Gasteiger partial charge in [0.1, 0.15) is 10.7 Å². The molecule has 2 aromatic heterocycles. The van der Waals surface area contributed by atoms with E-state index in [4.69, 9.17) is 16.3 Å². The van der Waals surface area contributed by atoms with E-state index in [0.717, 1.165) is 17.8 Å². The van der Waals surface area contributed by atoms with Crippen molar-refractivity contribution in [3.63, 3.8) is 0 Å². The molecule has 0 bridgehead atoms. The number of hydrogen-bond acceptors (Lipinski definition) is 5. The second-order valence-electron chi connectivity index (χ2n) is 5.55. The maximum absolute atomic E-state index is 13.3. The van der Waals surface area contributed by atoms with Crippen LogP contribution in [0, 0.1) is 5.82 Å². The van der Waals surface area contributed by atoms with Crippen LogP contribution in [0.1, 0.15) is 21.5 Å². The fourth-order valence-corrected chi connectivity index (χ4v) is 4.47. The topological polar surface area (TPSA) is 55.4 Å². The van der Waals surface area contributed by atoms with Gasteiger partial charge in [-0.1, -0.05) is 17.7 Å². The van der Waals surface area contributed by atoms with Crippen molar-refractivity contribution in [3.05, 3.63) is 56.3 Å². The molecule has 8 heteroatoms. The van der Waals surface area contributed by atoms with Crippen molar-refractivity contribution in [2.45, 2.75) is 19.4 Å². The molecule has 3 aromatic rings.